The third-order valence-electron chi connectivity index (χ3n) is 4.13. The normalized spacial score (nSPS) is 12.3. The molecule has 2 N–H and O–H groups in total. The predicted octanol–water partition coefficient (Wildman–Crippen LogP) is 2.08. The molecule has 154 valence electrons. The van der Waals surface area contributed by atoms with Gasteiger partial charge >= 0.3 is 0 Å². The van der Waals surface area contributed by atoms with Crippen LogP contribution in [0.25, 0.3) is 0 Å². The first kappa shape index (κ1) is 21.6. The van der Waals surface area contributed by atoms with Crippen molar-refractivity contribution in [2.24, 2.45) is 0 Å². The monoisotopic (exact) mass is 412 g/mol. The molecular formula is C19H24O8S. The van der Waals surface area contributed by atoms with Crippen LogP contribution >= 0.6 is 0 Å². The minimum Gasteiger partial charge on any atom is -0.504 e. The van der Waals surface area contributed by atoms with Crippen LogP contribution in [0.3, 0.4) is 0 Å². The van der Waals surface area contributed by atoms with Crippen LogP contribution in [0, 0.1) is 0 Å². The van der Waals surface area contributed by atoms with Gasteiger partial charge in [0.1, 0.15) is 23.4 Å². The van der Waals surface area contributed by atoms with Gasteiger partial charge in [0.05, 0.1) is 45.5 Å². The Morgan fingerprint density at radius 3 is 1.93 bits per heavy atom. The SMILES string of the molecule is COc1cc(OC)c(C(O)CS(=O)(=O)Cc2ccc(OC)c(O)c2)c(OC)c1. The Balaban J connectivity index is 2.28. The number of ether oxygens (including phenoxy) is 4. The third kappa shape index (κ3) is 4.99. The molecule has 2 rings (SSSR count). The van der Waals surface area contributed by atoms with E-state index < -0.39 is 21.7 Å². The van der Waals surface area contributed by atoms with E-state index in [1.54, 1.807) is 0 Å². The molecular weight excluding hydrogens is 388 g/mol. The highest BCUT2D eigenvalue weighted by Crippen LogP contribution is 2.39. The van der Waals surface area contributed by atoms with Crippen LogP contribution in [0.2, 0.25) is 0 Å². The van der Waals surface area contributed by atoms with Gasteiger partial charge in [0.15, 0.2) is 21.3 Å². The van der Waals surface area contributed by atoms with Crippen LogP contribution in [0.15, 0.2) is 30.3 Å². The van der Waals surface area contributed by atoms with Gasteiger partial charge in [0.25, 0.3) is 0 Å². The van der Waals surface area contributed by atoms with E-state index >= 15 is 0 Å². The number of methoxy groups -OCH3 is 4. The van der Waals surface area contributed by atoms with Gasteiger partial charge in [-0.2, -0.15) is 0 Å². The Morgan fingerprint density at radius 1 is 0.893 bits per heavy atom. The Bertz CT molecular complexity index is 899. The number of aromatic hydroxyl groups is 1. The Labute approximate surface area is 164 Å². The lowest BCUT2D eigenvalue weighted by atomic mass is 10.1. The first-order chi connectivity index (χ1) is 13.2. The van der Waals surface area contributed by atoms with Crippen molar-refractivity contribution in [3.8, 4) is 28.7 Å². The lowest BCUT2D eigenvalue weighted by Gasteiger charge is -2.19. The summed E-state index contributed by atoms with van der Waals surface area (Å²) in [5.74, 6) is 0.118. The smallest absolute Gasteiger partial charge is 0.160 e. The summed E-state index contributed by atoms with van der Waals surface area (Å²) in [7, 11) is 1.95. The van der Waals surface area contributed by atoms with Crippen molar-refractivity contribution < 1.29 is 37.6 Å². The van der Waals surface area contributed by atoms with Crippen molar-refractivity contribution in [3.63, 3.8) is 0 Å². The maximum absolute atomic E-state index is 12.6. The van der Waals surface area contributed by atoms with Gasteiger partial charge in [0, 0.05) is 12.1 Å². The van der Waals surface area contributed by atoms with Gasteiger partial charge in [-0.3, -0.25) is 0 Å². The van der Waals surface area contributed by atoms with E-state index in [4.69, 9.17) is 18.9 Å². The average molecular weight is 412 g/mol. The zero-order chi connectivity index (χ0) is 20.9. The molecule has 2 aromatic carbocycles. The molecule has 0 heterocycles. The Kier molecular flexibility index (Phi) is 6.98. The number of hydrogen-bond donors (Lipinski definition) is 2. The molecule has 0 bridgehead atoms. The third-order valence-corrected chi connectivity index (χ3v) is 5.72. The molecule has 0 aliphatic rings. The molecule has 0 spiro atoms. The molecule has 0 saturated carbocycles. The maximum atomic E-state index is 12.6. The van der Waals surface area contributed by atoms with Gasteiger partial charge in [-0.1, -0.05) is 6.07 Å². The van der Waals surface area contributed by atoms with Crippen LogP contribution in [-0.2, 0) is 15.6 Å². The first-order valence-corrected chi connectivity index (χ1v) is 10.1. The van der Waals surface area contributed by atoms with Crippen molar-refractivity contribution in [2.75, 3.05) is 34.2 Å². The molecule has 1 unspecified atom stereocenters. The summed E-state index contributed by atoms with van der Waals surface area (Å²) in [4.78, 5) is 0. The maximum Gasteiger partial charge on any atom is 0.160 e. The fourth-order valence-corrected chi connectivity index (χ4v) is 4.28. The van der Waals surface area contributed by atoms with Crippen molar-refractivity contribution in [1.82, 2.24) is 0 Å². The predicted molar refractivity (Wildman–Crippen MR) is 103 cm³/mol. The Hall–Kier alpha value is -2.65. The second-order valence-corrected chi connectivity index (χ2v) is 8.13. The summed E-state index contributed by atoms with van der Waals surface area (Å²) >= 11 is 0. The molecule has 0 aliphatic carbocycles. The first-order valence-electron chi connectivity index (χ1n) is 8.29. The van der Waals surface area contributed by atoms with Crippen LogP contribution < -0.4 is 18.9 Å². The van der Waals surface area contributed by atoms with Crippen molar-refractivity contribution in [2.45, 2.75) is 11.9 Å². The molecule has 28 heavy (non-hydrogen) atoms. The summed E-state index contributed by atoms with van der Waals surface area (Å²) < 4.78 is 45.8. The molecule has 0 aliphatic heterocycles. The lowest BCUT2D eigenvalue weighted by Crippen LogP contribution is -2.17. The van der Waals surface area contributed by atoms with Crippen LogP contribution in [0.4, 0.5) is 0 Å². The van der Waals surface area contributed by atoms with Gasteiger partial charge in [-0.25, -0.2) is 8.42 Å². The molecule has 2 aromatic rings. The summed E-state index contributed by atoms with van der Waals surface area (Å²) in [6.07, 6.45) is -1.38. The van der Waals surface area contributed by atoms with Gasteiger partial charge < -0.3 is 29.2 Å². The van der Waals surface area contributed by atoms with E-state index in [1.165, 1.54) is 58.8 Å². The molecule has 0 radical (unpaired) electrons. The topological polar surface area (TPSA) is 112 Å². The number of benzene rings is 2. The number of hydrogen-bond acceptors (Lipinski definition) is 8. The summed E-state index contributed by atoms with van der Waals surface area (Å²) in [6, 6.07) is 7.41. The highest BCUT2D eigenvalue weighted by molar-refractivity contribution is 7.90. The average Bonchev–Trinajstić information content (AvgIpc) is 2.65. The van der Waals surface area contributed by atoms with Crippen molar-refractivity contribution in [1.29, 1.82) is 0 Å². The molecule has 9 heteroatoms. The number of aliphatic hydroxyl groups is 1. The highest BCUT2D eigenvalue weighted by Gasteiger charge is 2.26. The second kappa shape index (κ2) is 9.03. The van der Waals surface area contributed by atoms with Gasteiger partial charge in [-0.15, -0.1) is 0 Å². The lowest BCUT2D eigenvalue weighted by molar-refractivity contribution is 0.191. The van der Waals surface area contributed by atoms with Gasteiger partial charge in [-0.05, 0) is 17.7 Å². The minimum absolute atomic E-state index is 0.158. The number of phenols is 1. The molecule has 1 atom stereocenters. The van der Waals surface area contributed by atoms with E-state index in [2.05, 4.69) is 0 Å². The zero-order valence-corrected chi connectivity index (χ0v) is 16.9. The highest BCUT2D eigenvalue weighted by atomic mass is 32.2. The van der Waals surface area contributed by atoms with Crippen molar-refractivity contribution in [3.05, 3.63) is 41.5 Å². The second-order valence-electron chi connectivity index (χ2n) is 6.02. The number of rotatable bonds is 9. The number of sulfone groups is 1. The summed E-state index contributed by atoms with van der Waals surface area (Å²) in [6.45, 7) is 0. The molecule has 0 amide bonds. The largest absolute Gasteiger partial charge is 0.504 e. The van der Waals surface area contributed by atoms with Gasteiger partial charge in [0.2, 0.25) is 0 Å². The molecule has 0 saturated heterocycles. The summed E-state index contributed by atoms with van der Waals surface area (Å²) in [5.41, 5.74) is 0.589. The molecule has 0 aromatic heterocycles. The molecule has 0 fully saturated rings. The summed E-state index contributed by atoms with van der Waals surface area (Å²) in [5, 5.41) is 20.4. The van der Waals surface area contributed by atoms with E-state index in [9.17, 15) is 18.6 Å². The number of phenolic OH excluding ortho intramolecular Hbond substituents is 1. The van der Waals surface area contributed by atoms with E-state index in [1.807, 2.05) is 0 Å². The standard InChI is InChI=1S/C19H24O8S/c1-24-13-8-17(26-3)19(18(9-13)27-4)15(21)11-28(22,23)10-12-5-6-16(25-2)14(20)7-12/h5-9,15,20-21H,10-11H2,1-4H3. The van der Waals surface area contributed by atoms with E-state index in [0.717, 1.165) is 0 Å². The van der Waals surface area contributed by atoms with Crippen molar-refractivity contribution >= 4 is 9.84 Å². The Morgan fingerprint density at radius 2 is 1.46 bits per heavy atom. The van der Waals surface area contributed by atoms with Crippen LogP contribution in [-0.4, -0.2) is 52.8 Å². The van der Waals surface area contributed by atoms with Crippen LogP contribution in [0.1, 0.15) is 17.2 Å². The quantitative estimate of drug-likeness (QED) is 0.644. The number of aliphatic hydroxyl groups excluding tert-OH is 1. The minimum atomic E-state index is -3.73. The fourth-order valence-electron chi connectivity index (χ4n) is 2.82. The van der Waals surface area contributed by atoms with E-state index in [0.29, 0.717) is 11.3 Å². The van der Waals surface area contributed by atoms with E-state index in [-0.39, 0.29) is 34.3 Å². The zero-order valence-electron chi connectivity index (χ0n) is 16.1. The van der Waals surface area contributed by atoms with Crippen LogP contribution in [0.5, 0.6) is 28.7 Å². The fraction of sp³-hybridized carbons (Fsp3) is 0.368. The molecule has 8 nitrogen and oxygen atoms in total.